The van der Waals surface area contributed by atoms with Gasteiger partial charge in [0.05, 0.1) is 6.42 Å². The van der Waals surface area contributed by atoms with E-state index in [1.807, 2.05) is 12.1 Å². The van der Waals surface area contributed by atoms with Gasteiger partial charge in [-0.1, -0.05) is 44.2 Å². The predicted octanol–water partition coefficient (Wildman–Crippen LogP) is 2.36. The van der Waals surface area contributed by atoms with Crippen molar-refractivity contribution in [3.8, 4) is 5.75 Å². The molecule has 0 aliphatic heterocycles. The molecule has 0 saturated heterocycles. The average molecular weight is 517 g/mol. The highest BCUT2D eigenvalue weighted by Gasteiger charge is 2.30. The maximum absolute atomic E-state index is 12.8. The first-order chi connectivity index (χ1) is 17.2. The SMILES string of the molecule is CC(C)[C@H](NC(=O)COc1c(C(=O)OC(C)(C)C)ccc2ccccc12)C(=O)N[C@@H](CC(=O)O)C(=O)O. The summed E-state index contributed by atoms with van der Waals surface area (Å²) in [6, 6.07) is 7.57. The van der Waals surface area contributed by atoms with Crippen LogP contribution < -0.4 is 15.4 Å². The van der Waals surface area contributed by atoms with Crippen molar-refractivity contribution >= 4 is 40.5 Å². The fraction of sp³-hybridized carbons (Fsp3) is 0.423. The third-order valence-corrected chi connectivity index (χ3v) is 5.10. The second-order valence-corrected chi connectivity index (χ2v) is 9.74. The number of amides is 2. The monoisotopic (exact) mass is 516 g/mol. The largest absolute Gasteiger partial charge is 0.482 e. The molecule has 0 unspecified atom stereocenters. The minimum Gasteiger partial charge on any atom is -0.482 e. The molecule has 0 saturated carbocycles. The third-order valence-electron chi connectivity index (χ3n) is 5.10. The van der Waals surface area contributed by atoms with Gasteiger partial charge < -0.3 is 30.3 Å². The van der Waals surface area contributed by atoms with E-state index in [0.717, 1.165) is 5.39 Å². The van der Waals surface area contributed by atoms with Crippen LogP contribution in [0.25, 0.3) is 10.8 Å². The highest BCUT2D eigenvalue weighted by molar-refractivity contribution is 6.02. The van der Waals surface area contributed by atoms with Gasteiger partial charge in [-0.15, -0.1) is 0 Å². The van der Waals surface area contributed by atoms with Crippen LogP contribution in [0, 0.1) is 5.92 Å². The van der Waals surface area contributed by atoms with Crippen LogP contribution in [0.3, 0.4) is 0 Å². The highest BCUT2D eigenvalue weighted by Crippen LogP contribution is 2.31. The maximum atomic E-state index is 12.8. The summed E-state index contributed by atoms with van der Waals surface area (Å²) in [4.78, 5) is 60.4. The molecule has 11 heteroatoms. The molecule has 2 amide bonds. The molecule has 0 bridgehead atoms. The van der Waals surface area contributed by atoms with Gasteiger partial charge in [0.15, 0.2) is 6.61 Å². The van der Waals surface area contributed by atoms with Crippen LogP contribution >= 0.6 is 0 Å². The molecular weight excluding hydrogens is 484 g/mol. The lowest BCUT2D eigenvalue weighted by atomic mass is 10.0. The number of carbonyl (C=O) groups is 5. The maximum Gasteiger partial charge on any atom is 0.342 e. The molecule has 11 nitrogen and oxygen atoms in total. The van der Waals surface area contributed by atoms with Gasteiger partial charge in [0.25, 0.3) is 5.91 Å². The summed E-state index contributed by atoms with van der Waals surface area (Å²) in [6.07, 6.45) is -0.822. The van der Waals surface area contributed by atoms with Gasteiger partial charge in [-0.2, -0.15) is 0 Å². The number of carboxylic acids is 2. The number of esters is 1. The van der Waals surface area contributed by atoms with Gasteiger partial charge in [-0.3, -0.25) is 14.4 Å². The van der Waals surface area contributed by atoms with Crippen LogP contribution in [-0.4, -0.2) is 64.2 Å². The Kier molecular flexibility index (Phi) is 9.59. The Labute approximate surface area is 214 Å². The number of fused-ring (bicyclic) bond motifs is 1. The fourth-order valence-corrected chi connectivity index (χ4v) is 3.42. The molecule has 0 aromatic heterocycles. The molecule has 2 aromatic rings. The third kappa shape index (κ3) is 8.48. The molecule has 37 heavy (non-hydrogen) atoms. The lowest BCUT2D eigenvalue weighted by Gasteiger charge is -2.24. The number of carbonyl (C=O) groups excluding carboxylic acids is 3. The van der Waals surface area contributed by atoms with E-state index in [4.69, 9.17) is 14.6 Å². The van der Waals surface area contributed by atoms with E-state index in [0.29, 0.717) is 5.39 Å². The molecule has 2 atom stereocenters. The van der Waals surface area contributed by atoms with E-state index in [9.17, 15) is 29.1 Å². The van der Waals surface area contributed by atoms with Crippen molar-refractivity contribution in [2.45, 2.75) is 58.7 Å². The molecule has 0 aliphatic rings. The molecule has 4 N–H and O–H groups in total. The first kappa shape index (κ1) is 29.1. The van der Waals surface area contributed by atoms with Crippen LogP contribution in [-0.2, 0) is 23.9 Å². The Morgan fingerprint density at radius 3 is 2.16 bits per heavy atom. The minimum absolute atomic E-state index is 0.123. The standard InChI is InChI=1S/C26H32N2O9/c1-14(2)21(23(32)27-18(24(33)34)12-20(30)31)28-19(29)13-36-22-16-9-7-6-8-15(16)10-11-17(22)25(35)37-26(3,4)5/h6-11,14,18,21H,12-13H2,1-5H3,(H,27,32)(H,28,29)(H,30,31)(H,33,34)/t18-,21-/m0/s1. The van der Waals surface area contributed by atoms with Gasteiger partial charge in [-0.25, -0.2) is 9.59 Å². The molecule has 2 rings (SSSR count). The Morgan fingerprint density at radius 2 is 1.59 bits per heavy atom. The van der Waals surface area contributed by atoms with Gasteiger partial charge in [0.1, 0.15) is 29.0 Å². The van der Waals surface area contributed by atoms with Gasteiger partial charge in [0, 0.05) is 5.39 Å². The number of ether oxygens (including phenoxy) is 2. The lowest BCUT2D eigenvalue weighted by molar-refractivity contribution is -0.147. The zero-order valence-corrected chi connectivity index (χ0v) is 21.4. The van der Waals surface area contributed by atoms with Crippen molar-refractivity contribution in [1.82, 2.24) is 10.6 Å². The summed E-state index contributed by atoms with van der Waals surface area (Å²) in [7, 11) is 0. The number of nitrogens with one attached hydrogen (secondary N) is 2. The second-order valence-electron chi connectivity index (χ2n) is 9.74. The zero-order valence-electron chi connectivity index (χ0n) is 21.4. The van der Waals surface area contributed by atoms with Crippen molar-refractivity contribution < 1.29 is 43.7 Å². The van der Waals surface area contributed by atoms with E-state index >= 15 is 0 Å². The number of carboxylic acid groups (broad SMARTS) is 2. The van der Waals surface area contributed by atoms with E-state index in [1.54, 1.807) is 58.9 Å². The number of aliphatic carboxylic acids is 2. The minimum atomic E-state index is -1.66. The second kappa shape index (κ2) is 12.2. The van der Waals surface area contributed by atoms with Crippen LogP contribution in [0.2, 0.25) is 0 Å². The number of rotatable bonds is 11. The van der Waals surface area contributed by atoms with E-state index in [2.05, 4.69) is 10.6 Å². The van der Waals surface area contributed by atoms with Crippen molar-refractivity contribution in [3.05, 3.63) is 42.0 Å². The summed E-state index contributed by atoms with van der Waals surface area (Å²) < 4.78 is 11.2. The number of benzene rings is 2. The van der Waals surface area contributed by atoms with Crippen LogP contribution in [0.15, 0.2) is 36.4 Å². The molecule has 0 spiro atoms. The summed E-state index contributed by atoms with van der Waals surface area (Å²) in [5.41, 5.74) is -0.638. The fourth-order valence-electron chi connectivity index (χ4n) is 3.42. The Bertz CT molecular complexity index is 1180. The quantitative estimate of drug-likeness (QED) is 0.328. The van der Waals surface area contributed by atoms with Crippen LogP contribution in [0.1, 0.15) is 51.4 Å². The van der Waals surface area contributed by atoms with Crippen LogP contribution in [0.4, 0.5) is 0 Å². The summed E-state index contributed by atoms with van der Waals surface area (Å²) in [6.45, 7) is 7.87. The normalized spacial score (nSPS) is 12.9. The summed E-state index contributed by atoms with van der Waals surface area (Å²) >= 11 is 0. The summed E-state index contributed by atoms with van der Waals surface area (Å²) in [5, 5.41) is 24.0. The van der Waals surface area contributed by atoms with E-state index in [1.165, 1.54) is 0 Å². The molecule has 0 radical (unpaired) electrons. The summed E-state index contributed by atoms with van der Waals surface area (Å²) in [5.74, 6) is -5.43. The Morgan fingerprint density at radius 1 is 0.946 bits per heavy atom. The Balaban J connectivity index is 2.22. The van der Waals surface area contributed by atoms with Crippen LogP contribution in [0.5, 0.6) is 5.75 Å². The lowest BCUT2D eigenvalue weighted by Crippen LogP contribution is -2.54. The topological polar surface area (TPSA) is 168 Å². The Hall–Kier alpha value is -4.15. The molecular formula is C26H32N2O9. The van der Waals surface area contributed by atoms with Gasteiger partial charge in [-0.05, 0) is 38.1 Å². The highest BCUT2D eigenvalue weighted by atomic mass is 16.6. The predicted molar refractivity (Wildman–Crippen MR) is 133 cm³/mol. The molecule has 0 fully saturated rings. The zero-order chi connectivity index (χ0) is 27.9. The molecule has 200 valence electrons. The van der Waals surface area contributed by atoms with Crippen molar-refractivity contribution in [2.24, 2.45) is 5.92 Å². The average Bonchev–Trinajstić information content (AvgIpc) is 2.78. The number of hydrogen-bond acceptors (Lipinski definition) is 7. The van der Waals surface area contributed by atoms with Crippen molar-refractivity contribution in [3.63, 3.8) is 0 Å². The van der Waals surface area contributed by atoms with Gasteiger partial charge >= 0.3 is 17.9 Å². The smallest absolute Gasteiger partial charge is 0.342 e. The molecule has 2 aromatic carbocycles. The molecule has 0 aliphatic carbocycles. The number of hydrogen-bond donors (Lipinski definition) is 4. The molecule has 0 heterocycles. The van der Waals surface area contributed by atoms with Gasteiger partial charge in [0.2, 0.25) is 5.91 Å². The van der Waals surface area contributed by atoms with Crippen molar-refractivity contribution in [2.75, 3.05) is 6.61 Å². The van der Waals surface area contributed by atoms with E-state index < -0.39 is 66.4 Å². The van der Waals surface area contributed by atoms with Crippen molar-refractivity contribution in [1.29, 1.82) is 0 Å². The van der Waals surface area contributed by atoms with E-state index in [-0.39, 0.29) is 11.3 Å². The first-order valence-electron chi connectivity index (χ1n) is 11.6. The first-order valence-corrected chi connectivity index (χ1v) is 11.6.